The second-order valence-electron chi connectivity index (χ2n) is 11.2. The van der Waals surface area contributed by atoms with Crippen LogP contribution >= 0.6 is 0 Å². The zero-order valence-corrected chi connectivity index (χ0v) is 22.0. The largest absolute Gasteiger partial charge is 0.371 e. The third-order valence-corrected chi connectivity index (χ3v) is 8.56. The monoisotopic (exact) mass is 519 g/mol. The zero-order chi connectivity index (χ0) is 26.3. The van der Waals surface area contributed by atoms with Crippen LogP contribution in [0.1, 0.15) is 36.2 Å². The van der Waals surface area contributed by atoms with Crippen LogP contribution in [0.3, 0.4) is 0 Å². The summed E-state index contributed by atoms with van der Waals surface area (Å²) in [6, 6.07) is 8.49. The van der Waals surface area contributed by atoms with Crippen molar-refractivity contribution in [2.75, 3.05) is 74.5 Å². The lowest BCUT2D eigenvalue weighted by atomic mass is 9.75. The van der Waals surface area contributed by atoms with E-state index in [0.29, 0.717) is 23.6 Å². The standard InChI is InChI=1S/C27H37N9O2/c1-33-12-13-36(26(33)38)21-4-2-10-34(15-21)22-14-30-23(24(28)37)25(32-22)31-19-5-7-20(8-6-19)35-11-3-9-27(18-35)16-29-17-27/h5-8,14,21,29H,2-4,9-13,15-18H2,1H3,(H2,28,37)(H,31,32)/t21-/m1/s1. The van der Waals surface area contributed by atoms with Crippen LogP contribution in [0, 0.1) is 5.41 Å². The molecule has 0 bridgehead atoms. The number of nitrogens with two attached hydrogens (primary N) is 1. The molecule has 4 N–H and O–H groups in total. The van der Waals surface area contributed by atoms with Gasteiger partial charge in [-0.1, -0.05) is 0 Å². The van der Waals surface area contributed by atoms with Crippen molar-refractivity contribution in [1.29, 1.82) is 0 Å². The summed E-state index contributed by atoms with van der Waals surface area (Å²) in [5.41, 5.74) is 8.20. The Balaban J connectivity index is 1.18. The summed E-state index contributed by atoms with van der Waals surface area (Å²) in [7, 11) is 1.84. The molecule has 202 valence electrons. The van der Waals surface area contributed by atoms with E-state index in [1.165, 1.54) is 18.5 Å². The average Bonchev–Trinajstić information content (AvgIpc) is 3.26. The highest BCUT2D eigenvalue weighted by Crippen LogP contribution is 2.36. The molecule has 1 aromatic heterocycles. The molecule has 0 unspecified atom stereocenters. The molecule has 0 aliphatic carbocycles. The van der Waals surface area contributed by atoms with Crippen molar-refractivity contribution in [1.82, 2.24) is 25.1 Å². The molecule has 11 heteroatoms. The van der Waals surface area contributed by atoms with Crippen molar-refractivity contribution in [2.24, 2.45) is 11.1 Å². The molecule has 4 aliphatic rings. The second-order valence-corrected chi connectivity index (χ2v) is 11.2. The third-order valence-electron chi connectivity index (χ3n) is 8.56. The minimum atomic E-state index is -0.627. The predicted octanol–water partition coefficient (Wildman–Crippen LogP) is 1.85. The molecule has 4 aliphatic heterocycles. The van der Waals surface area contributed by atoms with Crippen molar-refractivity contribution < 1.29 is 9.59 Å². The lowest BCUT2D eigenvalue weighted by Crippen LogP contribution is -2.61. The van der Waals surface area contributed by atoms with Gasteiger partial charge in [0.05, 0.1) is 12.2 Å². The number of carbonyl (C=O) groups excluding carboxylic acids is 2. The van der Waals surface area contributed by atoms with Gasteiger partial charge in [-0.3, -0.25) is 4.79 Å². The van der Waals surface area contributed by atoms with Crippen LogP contribution < -0.4 is 26.2 Å². The topological polar surface area (TPSA) is 123 Å². The Hall–Kier alpha value is -3.60. The summed E-state index contributed by atoms with van der Waals surface area (Å²) in [5.74, 6) is 0.393. The van der Waals surface area contributed by atoms with Gasteiger partial charge in [-0.05, 0) is 49.9 Å². The van der Waals surface area contributed by atoms with Gasteiger partial charge in [0.1, 0.15) is 5.82 Å². The number of hydrogen-bond donors (Lipinski definition) is 3. The van der Waals surface area contributed by atoms with Crippen molar-refractivity contribution in [3.05, 3.63) is 36.2 Å². The molecule has 6 rings (SSSR count). The fourth-order valence-corrected chi connectivity index (χ4v) is 6.31. The number of piperidine rings is 2. The Morgan fingerprint density at radius 3 is 2.58 bits per heavy atom. The van der Waals surface area contributed by atoms with E-state index >= 15 is 0 Å². The van der Waals surface area contributed by atoms with E-state index in [4.69, 9.17) is 10.7 Å². The van der Waals surface area contributed by atoms with Gasteiger partial charge in [0.25, 0.3) is 5.91 Å². The number of benzene rings is 1. The van der Waals surface area contributed by atoms with Crippen molar-refractivity contribution in [3.63, 3.8) is 0 Å². The highest BCUT2D eigenvalue weighted by Gasteiger charge is 2.40. The fourth-order valence-electron chi connectivity index (χ4n) is 6.31. The molecule has 1 atom stereocenters. The number of nitrogens with one attached hydrogen (secondary N) is 2. The van der Waals surface area contributed by atoms with Gasteiger partial charge in [-0.15, -0.1) is 0 Å². The van der Waals surface area contributed by atoms with E-state index in [2.05, 4.69) is 37.6 Å². The number of carbonyl (C=O) groups is 2. The van der Waals surface area contributed by atoms with Crippen molar-refractivity contribution >= 4 is 34.9 Å². The minimum Gasteiger partial charge on any atom is -0.371 e. The van der Waals surface area contributed by atoms with Gasteiger partial charge in [-0.25, -0.2) is 14.8 Å². The van der Waals surface area contributed by atoms with Crippen LogP contribution in [0.2, 0.25) is 0 Å². The van der Waals surface area contributed by atoms with Gasteiger partial charge in [0, 0.05) is 76.2 Å². The van der Waals surface area contributed by atoms with Crippen LogP contribution in [0.15, 0.2) is 30.5 Å². The first-order valence-corrected chi connectivity index (χ1v) is 13.7. The van der Waals surface area contributed by atoms with Crippen LogP contribution in [-0.4, -0.2) is 97.2 Å². The van der Waals surface area contributed by atoms with E-state index in [0.717, 1.165) is 64.3 Å². The first-order valence-electron chi connectivity index (χ1n) is 13.7. The Kier molecular flexibility index (Phi) is 6.46. The van der Waals surface area contributed by atoms with Crippen molar-refractivity contribution in [3.8, 4) is 0 Å². The number of hydrogen-bond acceptors (Lipinski definition) is 8. The van der Waals surface area contributed by atoms with Gasteiger partial charge in [0.15, 0.2) is 11.5 Å². The summed E-state index contributed by atoms with van der Waals surface area (Å²) < 4.78 is 0. The fraction of sp³-hybridized carbons (Fsp3) is 0.556. The quantitative estimate of drug-likeness (QED) is 0.529. The summed E-state index contributed by atoms with van der Waals surface area (Å²) in [5, 5.41) is 6.71. The number of nitrogens with zero attached hydrogens (tertiary/aromatic N) is 6. The molecule has 38 heavy (non-hydrogen) atoms. The van der Waals surface area contributed by atoms with E-state index < -0.39 is 5.91 Å². The first kappa shape index (κ1) is 24.7. The average molecular weight is 520 g/mol. The normalized spacial score (nSPS) is 23.1. The van der Waals surface area contributed by atoms with Crippen LogP contribution in [0.25, 0.3) is 0 Å². The molecule has 1 aromatic carbocycles. The van der Waals surface area contributed by atoms with Gasteiger partial charge >= 0.3 is 6.03 Å². The molecule has 0 saturated carbocycles. The molecule has 4 saturated heterocycles. The maximum Gasteiger partial charge on any atom is 0.320 e. The molecule has 4 fully saturated rings. The van der Waals surface area contributed by atoms with E-state index in [-0.39, 0.29) is 17.8 Å². The van der Waals surface area contributed by atoms with Crippen LogP contribution in [0.4, 0.5) is 27.8 Å². The smallest absolute Gasteiger partial charge is 0.320 e. The number of aromatic nitrogens is 2. The zero-order valence-electron chi connectivity index (χ0n) is 22.0. The molecule has 1 spiro atoms. The summed E-state index contributed by atoms with van der Waals surface area (Å²) in [6.45, 7) is 7.38. The third kappa shape index (κ3) is 4.70. The summed E-state index contributed by atoms with van der Waals surface area (Å²) >= 11 is 0. The lowest BCUT2D eigenvalue weighted by molar-refractivity contribution is 0.0996. The van der Waals surface area contributed by atoms with Crippen LogP contribution in [-0.2, 0) is 0 Å². The number of anilines is 4. The highest BCUT2D eigenvalue weighted by atomic mass is 16.2. The van der Waals surface area contributed by atoms with Gasteiger partial charge < -0.3 is 36.0 Å². The second kappa shape index (κ2) is 9.94. The molecule has 2 aromatic rings. The number of rotatable bonds is 6. The number of amides is 3. The first-order chi connectivity index (χ1) is 18.4. The molecule has 3 amide bonds. The molecule has 11 nitrogen and oxygen atoms in total. The van der Waals surface area contributed by atoms with Gasteiger partial charge in [0.2, 0.25) is 0 Å². The summed E-state index contributed by atoms with van der Waals surface area (Å²) in [4.78, 5) is 42.2. The SMILES string of the molecule is CN1CCN([C@@H]2CCCN(c3cnc(C(N)=O)c(Nc4ccc(N5CCCC6(CNC6)C5)cc4)n3)C2)C1=O. The maximum atomic E-state index is 12.5. The molecular weight excluding hydrogens is 482 g/mol. The Bertz CT molecular complexity index is 1200. The van der Waals surface area contributed by atoms with E-state index in [9.17, 15) is 9.59 Å². The molecule has 5 heterocycles. The predicted molar refractivity (Wildman–Crippen MR) is 147 cm³/mol. The maximum absolute atomic E-state index is 12.5. The molecular formula is C27H37N9O2. The van der Waals surface area contributed by atoms with E-state index in [1.54, 1.807) is 11.1 Å². The highest BCUT2D eigenvalue weighted by molar-refractivity contribution is 5.96. The van der Waals surface area contributed by atoms with Crippen LogP contribution in [0.5, 0.6) is 0 Å². The molecule has 0 radical (unpaired) electrons. The van der Waals surface area contributed by atoms with E-state index in [1.807, 2.05) is 24.1 Å². The Labute approximate surface area is 223 Å². The van der Waals surface area contributed by atoms with Crippen molar-refractivity contribution in [2.45, 2.75) is 31.7 Å². The van der Waals surface area contributed by atoms with Gasteiger partial charge in [-0.2, -0.15) is 0 Å². The lowest BCUT2D eigenvalue weighted by Gasteiger charge is -2.50. The number of urea groups is 1. The number of primary amides is 1. The minimum absolute atomic E-state index is 0.0851. The Morgan fingerprint density at radius 1 is 1.11 bits per heavy atom. The summed E-state index contributed by atoms with van der Waals surface area (Å²) in [6.07, 6.45) is 6.04. The Morgan fingerprint density at radius 2 is 1.89 bits per heavy atom. The number of likely N-dealkylation sites (N-methyl/N-ethyl adjacent to an activating group) is 1.